The number of carbonyl (C=O) groups excluding carboxylic acids is 1. The summed E-state index contributed by atoms with van der Waals surface area (Å²) >= 11 is 0. The van der Waals surface area contributed by atoms with E-state index in [9.17, 15) is 4.79 Å². The van der Waals surface area contributed by atoms with Crippen molar-refractivity contribution in [1.82, 2.24) is 15.1 Å². The third-order valence-electron chi connectivity index (χ3n) is 3.85. The van der Waals surface area contributed by atoms with Crippen LogP contribution in [0.4, 0.5) is 5.82 Å². The zero-order valence-electron chi connectivity index (χ0n) is 12.4. The molecule has 1 aromatic rings. The maximum absolute atomic E-state index is 12.3. The fourth-order valence-corrected chi connectivity index (χ4v) is 2.76. The number of hydrogen-bond donors (Lipinski definition) is 1. The number of nitrogens with one attached hydrogen (secondary N) is 1. The molecule has 0 saturated heterocycles. The maximum atomic E-state index is 12.3. The summed E-state index contributed by atoms with van der Waals surface area (Å²) in [6.45, 7) is 3.62. The summed E-state index contributed by atoms with van der Waals surface area (Å²) < 4.78 is 0. The Kier molecular flexibility index (Phi) is 5.32. The van der Waals surface area contributed by atoms with Crippen molar-refractivity contribution < 1.29 is 4.79 Å². The van der Waals surface area contributed by atoms with E-state index in [0.29, 0.717) is 17.4 Å². The molecule has 0 radical (unpaired) electrons. The van der Waals surface area contributed by atoms with Crippen molar-refractivity contribution in [3.63, 3.8) is 0 Å². The lowest BCUT2D eigenvalue weighted by Crippen LogP contribution is -2.33. The van der Waals surface area contributed by atoms with Crippen LogP contribution in [0.15, 0.2) is 12.1 Å². The summed E-state index contributed by atoms with van der Waals surface area (Å²) in [4.78, 5) is 14.1. The molecule has 0 aliphatic heterocycles. The number of nitrogens with zero attached hydrogens (tertiary/aromatic N) is 3. The Morgan fingerprint density at radius 2 is 2.05 bits per heavy atom. The van der Waals surface area contributed by atoms with E-state index < -0.39 is 0 Å². The van der Waals surface area contributed by atoms with E-state index in [2.05, 4.69) is 15.5 Å². The monoisotopic (exact) mass is 276 g/mol. The van der Waals surface area contributed by atoms with Gasteiger partial charge in [-0.15, -0.1) is 10.2 Å². The standard InChI is InChI=1S/C15H24N4O/c1-3-16-14-10-9-13(17-18-14)15(20)19(2)11-12-7-5-4-6-8-12/h9-10,12H,3-8,11H2,1-2H3,(H,16,18). The van der Waals surface area contributed by atoms with Crippen LogP contribution in [0.3, 0.4) is 0 Å². The van der Waals surface area contributed by atoms with Crippen molar-refractivity contribution >= 4 is 11.7 Å². The van der Waals surface area contributed by atoms with Crippen molar-refractivity contribution in [2.24, 2.45) is 5.92 Å². The zero-order valence-corrected chi connectivity index (χ0v) is 12.4. The fourth-order valence-electron chi connectivity index (χ4n) is 2.76. The van der Waals surface area contributed by atoms with Gasteiger partial charge in [-0.2, -0.15) is 0 Å². The minimum Gasteiger partial charge on any atom is -0.369 e. The van der Waals surface area contributed by atoms with E-state index in [1.54, 1.807) is 17.0 Å². The molecule has 0 bridgehead atoms. The summed E-state index contributed by atoms with van der Waals surface area (Å²) in [5, 5.41) is 11.1. The molecule has 1 aromatic heterocycles. The first kappa shape index (κ1) is 14.8. The molecule has 1 N–H and O–H groups in total. The molecule has 20 heavy (non-hydrogen) atoms. The van der Waals surface area contributed by atoms with Gasteiger partial charge in [0.25, 0.3) is 5.91 Å². The van der Waals surface area contributed by atoms with Gasteiger partial charge in [0.15, 0.2) is 5.69 Å². The van der Waals surface area contributed by atoms with Gasteiger partial charge in [0.1, 0.15) is 5.82 Å². The third-order valence-corrected chi connectivity index (χ3v) is 3.85. The lowest BCUT2D eigenvalue weighted by molar-refractivity contribution is 0.0753. The van der Waals surface area contributed by atoms with Crippen LogP contribution in [0.2, 0.25) is 0 Å². The topological polar surface area (TPSA) is 58.1 Å². The third kappa shape index (κ3) is 3.92. The molecular formula is C15H24N4O. The van der Waals surface area contributed by atoms with Crippen LogP contribution >= 0.6 is 0 Å². The highest BCUT2D eigenvalue weighted by Crippen LogP contribution is 2.24. The largest absolute Gasteiger partial charge is 0.369 e. The molecule has 1 amide bonds. The fraction of sp³-hybridized carbons (Fsp3) is 0.667. The lowest BCUT2D eigenvalue weighted by atomic mass is 9.89. The van der Waals surface area contributed by atoms with E-state index in [4.69, 9.17) is 0 Å². The molecule has 110 valence electrons. The summed E-state index contributed by atoms with van der Waals surface area (Å²) in [5.41, 5.74) is 0.421. The van der Waals surface area contributed by atoms with E-state index in [1.807, 2.05) is 14.0 Å². The van der Waals surface area contributed by atoms with Gasteiger partial charge < -0.3 is 10.2 Å². The van der Waals surface area contributed by atoms with Gasteiger partial charge in [-0.3, -0.25) is 4.79 Å². The Hall–Kier alpha value is -1.65. The molecule has 0 unspecified atom stereocenters. The van der Waals surface area contributed by atoms with Gasteiger partial charge in [0.2, 0.25) is 0 Å². The summed E-state index contributed by atoms with van der Waals surface area (Å²) in [6.07, 6.45) is 6.41. The predicted octanol–water partition coefficient (Wildman–Crippen LogP) is 2.56. The highest BCUT2D eigenvalue weighted by Gasteiger charge is 2.20. The summed E-state index contributed by atoms with van der Waals surface area (Å²) in [5.74, 6) is 1.32. The minimum absolute atomic E-state index is 0.0360. The summed E-state index contributed by atoms with van der Waals surface area (Å²) in [6, 6.07) is 3.54. The number of anilines is 1. The van der Waals surface area contributed by atoms with Crippen LogP contribution < -0.4 is 5.32 Å². The second-order valence-electron chi connectivity index (χ2n) is 5.52. The van der Waals surface area contributed by atoms with Gasteiger partial charge >= 0.3 is 0 Å². The minimum atomic E-state index is -0.0360. The van der Waals surface area contributed by atoms with Crippen molar-refractivity contribution in [1.29, 1.82) is 0 Å². The second-order valence-corrected chi connectivity index (χ2v) is 5.52. The van der Waals surface area contributed by atoms with Crippen LogP contribution in [0.5, 0.6) is 0 Å². The van der Waals surface area contributed by atoms with Gasteiger partial charge in [-0.1, -0.05) is 19.3 Å². The second kappa shape index (κ2) is 7.22. The number of hydrogen-bond acceptors (Lipinski definition) is 4. The first-order valence-corrected chi connectivity index (χ1v) is 7.53. The lowest BCUT2D eigenvalue weighted by Gasteiger charge is -2.26. The van der Waals surface area contributed by atoms with E-state index in [1.165, 1.54) is 32.1 Å². The molecule has 5 heteroatoms. The number of rotatable bonds is 5. The Balaban J connectivity index is 1.91. The van der Waals surface area contributed by atoms with Gasteiger partial charge in [0.05, 0.1) is 0 Å². The molecule has 1 saturated carbocycles. The van der Waals surface area contributed by atoms with Crippen LogP contribution in [-0.4, -0.2) is 41.1 Å². The van der Waals surface area contributed by atoms with Crippen LogP contribution in [0, 0.1) is 5.92 Å². The molecule has 0 spiro atoms. The average Bonchev–Trinajstić information content (AvgIpc) is 2.48. The SMILES string of the molecule is CCNc1ccc(C(=O)N(C)CC2CCCCC2)nn1. The molecule has 0 atom stereocenters. The number of aromatic nitrogens is 2. The predicted molar refractivity (Wildman–Crippen MR) is 79.7 cm³/mol. The molecule has 1 aliphatic rings. The first-order chi connectivity index (χ1) is 9.70. The summed E-state index contributed by atoms with van der Waals surface area (Å²) in [7, 11) is 1.86. The van der Waals surface area contributed by atoms with Crippen molar-refractivity contribution in [2.45, 2.75) is 39.0 Å². The normalized spacial score (nSPS) is 15.9. The van der Waals surface area contributed by atoms with Crippen molar-refractivity contribution in [2.75, 3.05) is 25.5 Å². The first-order valence-electron chi connectivity index (χ1n) is 7.53. The molecule has 1 fully saturated rings. The molecular weight excluding hydrogens is 252 g/mol. The van der Waals surface area contributed by atoms with Crippen molar-refractivity contribution in [3.05, 3.63) is 17.8 Å². The number of amides is 1. The Morgan fingerprint density at radius 3 is 2.65 bits per heavy atom. The maximum Gasteiger partial charge on any atom is 0.274 e. The van der Waals surface area contributed by atoms with Gasteiger partial charge in [0, 0.05) is 20.1 Å². The van der Waals surface area contributed by atoms with E-state index in [-0.39, 0.29) is 5.91 Å². The molecule has 1 aliphatic carbocycles. The number of carbonyl (C=O) groups is 1. The quantitative estimate of drug-likeness (QED) is 0.898. The highest BCUT2D eigenvalue weighted by molar-refractivity contribution is 5.92. The molecule has 0 aromatic carbocycles. The average molecular weight is 276 g/mol. The van der Waals surface area contributed by atoms with Crippen molar-refractivity contribution in [3.8, 4) is 0 Å². The van der Waals surface area contributed by atoms with E-state index in [0.717, 1.165) is 13.1 Å². The van der Waals surface area contributed by atoms with Gasteiger partial charge in [-0.25, -0.2) is 0 Å². The van der Waals surface area contributed by atoms with Crippen LogP contribution in [0.25, 0.3) is 0 Å². The molecule has 1 heterocycles. The van der Waals surface area contributed by atoms with E-state index >= 15 is 0 Å². The van der Waals surface area contributed by atoms with Gasteiger partial charge in [-0.05, 0) is 37.8 Å². The Morgan fingerprint density at radius 1 is 1.30 bits per heavy atom. The van der Waals surface area contributed by atoms with Crippen LogP contribution in [0.1, 0.15) is 49.5 Å². The smallest absolute Gasteiger partial charge is 0.274 e. The molecule has 2 rings (SSSR count). The zero-order chi connectivity index (χ0) is 14.4. The Bertz CT molecular complexity index is 426. The van der Waals surface area contributed by atoms with Crippen LogP contribution in [-0.2, 0) is 0 Å². The highest BCUT2D eigenvalue weighted by atomic mass is 16.2. The molecule has 5 nitrogen and oxygen atoms in total. The Labute approximate surface area is 120 Å².